The number of aryl methyl sites for hydroxylation is 1. The normalized spacial score (nSPS) is 22.7. The Hall–Kier alpha value is -1.40. The van der Waals surface area contributed by atoms with Gasteiger partial charge in [0.15, 0.2) is 11.5 Å². The molecular weight excluding hydrogens is 246 g/mol. The number of rotatable bonds is 6. The third-order valence-electron chi connectivity index (χ3n) is 3.43. The molecule has 0 bridgehead atoms. The first-order valence-corrected chi connectivity index (χ1v) is 6.60. The Labute approximate surface area is 113 Å². The minimum Gasteiger partial charge on any atom is -0.493 e. The lowest BCUT2D eigenvalue weighted by atomic mass is 9.96. The number of ether oxygens (including phenoxy) is 2. The van der Waals surface area contributed by atoms with Gasteiger partial charge in [0.1, 0.15) is 5.69 Å². The molecule has 1 aromatic heterocycles. The molecule has 6 nitrogen and oxygen atoms in total. The van der Waals surface area contributed by atoms with Gasteiger partial charge in [-0.2, -0.15) is 5.10 Å². The number of methoxy groups -OCH3 is 1. The van der Waals surface area contributed by atoms with Crippen molar-refractivity contribution in [3.8, 4) is 5.75 Å². The van der Waals surface area contributed by atoms with Crippen molar-refractivity contribution in [2.24, 2.45) is 13.0 Å². The van der Waals surface area contributed by atoms with E-state index in [4.69, 9.17) is 9.47 Å². The smallest absolute Gasteiger partial charge is 0.191 e. The first-order valence-electron chi connectivity index (χ1n) is 6.60. The van der Waals surface area contributed by atoms with Crippen molar-refractivity contribution >= 4 is 5.78 Å². The summed E-state index contributed by atoms with van der Waals surface area (Å²) in [5.41, 5.74) is 0.515. The van der Waals surface area contributed by atoms with E-state index >= 15 is 0 Å². The molecule has 0 aromatic carbocycles. The molecule has 0 aliphatic carbocycles. The molecule has 0 amide bonds. The van der Waals surface area contributed by atoms with Crippen molar-refractivity contribution in [3.63, 3.8) is 0 Å². The summed E-state index contributed by atoms with van der Waals surface area (Å²) in [5, 5.41) is 7.44. The van der Waals surface area contributed by atoms with Crippen molar-refractivity contribution in [2.45, 2.75) is 19.4 Å². The van der Waals surface area contributed by atoms with Crippen LogP contribution in [0.4, 0.5) is 0 Å². The summed E-state index contributed by atoms with van der Waals surface area (Å²) in [6, 6.07) is 0.0760. The van der Waals surface area contributed by atoms with Crippen LogP contribution in [0.2, 0.25) is 0 Å². The third-order valence-corrected chi connectivity index (χ3v) is 3.43. The van der Waals surface area contributed by atoms with Crippen LogP contribution in [0.25, 0.3) is 0 Å². The van der Waals surface area contributed by atoms with Gasteiger partial charge in [-0.1, -0.05) is 6.92 Å². The Bertz CT molecular complexity index is 444. The van der Waals surface area contributed by atoms with E-state index in [0.29, 0.717) is 24.7 Å². The first kappa shape index (κ1) is 14.0. The van der Waals surface area contributed by atoms with Crippen LogP contribution in [0.15, 0.2) is 6.20 Å². The Balaban J connectivity index is 2.16. The van der Waals surface area contributed by atoms with Crippen molar-refractivity contribution in [1.82, 2.24) is 15.1 Å². The maximum atomic E-state index is 12.6. The lowest BCUT2D eigenvalue weighted by Crippen LogP contribution is -2.40. The predicted molar refractivity (Wildman–Crippen MR) is 70.5 cm³/mol. The van der Waals surface area contributed by atoms with Crippen LogP contribution in [0.5, 0.6) is 5.75 Å². The highest BCUT2D eigenvalue weighted by Crippen LogP contribution is 2.25. The molecule has 1 fully saturated rings. The van der Waals surface area contributed by atoms with E-state index in [1.807, 2.05) is 0 Å². The van der Waals surface area contributed by atoms with E-state index < -0.39 is 0 Å². The zero-order valence-corrected chi connectivity index (χ0v) is 11.7. The molecule has 106 valence electrons. The molecule has 0 saturated carbocycles. The minimum absolute atomic E-state index is 0.0305. The number of nitrogens with one attached hydrogen (secondary N) is 1. The standard InChI is InChI=1S/C13H21N3O3/c1-4-5-14-10-8-19-7-9(10)13(17)12-11(18-3)6-15-16(12)2/h6,9-10,14H,4-5,7-8H2,1-3H3. The molecule has 1 N–H and O–H groups in total. The number of aromatic nitrogens is 2. The fourth-order valence-electron chi connectivity index (χ4n) is 2.37. The monoisotopic (exact) mass is 267 g/mol. The second kappa shape index (κ2) is 6.16. The zero-order valence-electron chi connectivity index (χ0n) is 11.7. The van der Waals surface area contributed by atoms with Gasteiger partial charge in [0.05, 0.1) is 32.4 Å². The van der Waals surface area contributed by atoms with Crippen LogP contribution in [0.3, 0.4) is 0 Å². The highest BCUT2D eigenvalue weighted by atomic mass is 16.5. The van der Waals surface area contributed by atoms with E-state index in [1.165, 1.54) is 0 Å². The van der Waals surface area contributed by atoms with E-state index in [0.717, 1.165) is 13.0 Å². The van der Waals surface area contributed by atoms with Crippen LogP contribution in [-0.4, -0.2) is 48.5 Å². The fourth-order valence-corrected chi connectivity index (χ4v) is 2.37. The highest BCUT2D eigenvalue weighted by Gasteiger charge is 2.36. The Morgan fingerprint density at radius 3 is 3.11 bits per heavy atom. The highest BCUT2D eigenvalue weighted by molar-refractivity contribution is 5.99. The second-order valence-corrected chi connectivity index (χ2v) is 4.75. The predicted octanol–water partition coefficient (Wildman–Crippen LogP) is 0.626. The minimum atomic E-state index is -0.171. The van der Waals surface area contributed by atoms with Crippen LogP contribution in [0, 0.1) is 5.92 Å². The van der Waals surface area contributed by atoms with Crippen LogP contribution < -0.4 is 10.1 Å². The first-order chi connectivity index (χ1) is 9.19. The molecule has 6 heteroatoms. The van der Waals surface area contributed by atoms with Crippen LogP contribution in [-0.2, 0) is 11.8 Å². The number of hydrogen-bond donors (Lipinski definition) is 1. The molecule has 2 atom stereocenters. The fraction of sp³-hybridized carbons (Fsp3) is 0.692. The summed E-state index contributed by atoms with van der Waals surface area (Å²) in [6.07, 6.45) is 2.60. The van der Waals surface area contributed by atoms with Crippen molar-refractivity contribution < 1.29 is 14.3 Å². The van der Waals surface area contributed by atoms with Gasteiger partial charge in [-0.15, -0.1) is 0 Å². The average Bonchev–Trinajstić information content (AvgIpc) is 3.01. The van der Waals surface area contributed by atoms with Gasteiger partial charge < -0.3 is 14.8 Å². The van der Waals surface area contributed by atoms with Gasteiger partial charge >= 0.3 is 0 Å². The van der Waals surface area contributed by atoms with E-state index in [9.17, 15) is 4.79 Å². The summed E-state index contributed by atoms with van der Waals surface area (Å²) in [4.78, 5) is 12.6. The maximum absolute atomic E-state index is 12.6. The SMILES string of the molecule is CCCNC1COCC1C(=O)c1c(OC)cnn1C. The summed E-state index contributed by atoms with van der Waals surface area (Å²) in [5.74, 6) is 0.382. The van der Waals surface area contributed by atoms with Crippen molar-refractivity contribution in [2.75, 3.05) is 26.9 Å². The topological polar surface area (TPSA) is 65.4 Å². The lowest BCUT2D eigenvalue weighted by Gasteiger charge is -2.18. The summed E-state index contributed by atoms with van der Waals surface area (Å²) >= 11 is 0. The quantitative estimate of drug-likeness (QED) is 0.766. The molecule has 1 aliphatic rings. The molecule has 19 heavy (non-hydrogen) atoms. The number of nitrogens with zero attached hydrogens (tertiary/aromatic N) is 2. The van der Waals surface area contributed by atoms with Gasteiger partial charge in [0.25, 0.3) is 0 Å². The summed E-state index contributed by atoms with van der Waals surface area (Å²) < 4.78 is 12.2. The number of carbonyl (C=O) groups excluding carboxylic acids is 1. The molecule has 1 aliphatic heterocycles. The number of Topliss-reactive ketones (excluding diaryl/α,β-unsaturated/α-hetero) is 1. The largest absolute Gasteiger partial charge is 0.493 e. The molecule has 2 heterocycles. The molecule has 0 spiro atoms. The molecule has 2 rings (SSSR count). The number of carbonyl (C=O) groups is 1. The Morgan fingerprint density at radius 2 is 2.42 bits per heavy atom. The third kappa shape index (κ3) is 2.79. The molecule has 2 unspecified atom stereocenters. The van der Waals surface area contributed by atoms with E-state index in [2.05, 4.69) is 17.3 Å². The van der Waals surface area contributed by atoms with Gasteiger partial charge in [0.2, 0.25) is 0 Å². The van der Waals surface area contributed by atoms with Gasteiger partial charge in [-0.05, 0) is 13.0 Å². The number of ketones is 1. The summed E-state index contributed by atoms with van der Waals surface area (Å²) in [7, 11) is 3.30. The Kier molecular flexibility index (Phi) is 4.55. The molecular formula is C13H21N3O3. The van der Waals surface area contributed by atoms with Gasteiger partial charge in [-0.25, -0.2) is 0 Å². The van der Waals surface area contributed by atoms with Gasteiger partial charge in [-0.3, -0.25) is 9.48 Å². The van der Waals surface area contributed by atoms with Crippen molar-refractivity contribution in [1.29, 1.82) is 0 Å². The number of hydrogen-bond acceptors (Lipinski definition) is 5. The molecule has 1 saturated heterocycles. The van der Waals surface area contributed by atoms with E-state index in [-0.39, 0.29) is 17.7 Å². The lowest BCUT2D eigenvalue weighted by molar-refractivity contribution is 0.0878. The Morgan fingerprint density at radius 1 is 1.63 bits per heavy atom. The van der Waals surface area contributed by atoms with Crippen LogP contribution in [0.1, 0.15) is 23.8 Å². The van der Waals surface area contributed by atoms with Crippen molar-refractivity contribution in [3.05, 3.63) is 11.9 Å². The summed E-state index contributed by atoms with van der Waals surface area (Å²) in [6.45, 7) is 4.02. The average molecular weight is 267 g/mol. The second-order valence-electron chi connectivity index (χ2n) is 4.75. The van der Waals surface area contributed by atoms with Gasteiger partial charge in [0, 0.05) is 13.1 Å². The van der Waals surface area contributed by atoms with E-state index in [1.54, 1.807) is 25.0 Å². The molecule has 1 aromatic rings. The maximum Gasteiger partial charge on any atom is 0.191 e. The molecule has 0 radical (unpaired) electrons. The van der Waals surface area contributed by atoms with Crippen LogP contribution >= 0.6 is 0 Å². The zero-order chi connectivity index (χ0) is 13.8.